The third kappa shape index (κ3) is 8.55. The lowest BCUT2D eigenvalue weighted by atomic mass is 9.91. The number of carbonyl (C=O) groups excluding carboxylic acids is 1. The highest BCUT2D eigenvalue weighted by Gasteiger charge is 2.17. The number of esters is 1. The average Bonchev–Trinajstić information content (AvgIpc) is 2.64. The highest BCUT2D eigenvalue weighted by atomic mass is 16.5. The predicted molar refractivity (Wildman–Crippen MR) is 109 cm³/mol. The molecule has 0 N–H and O–H groups in total. The van der Waals surface area contributed by atoms with Crippen molar-refractivity contribution in [3.8, 4) is 5.75 Å². The first kappa shape index (κ1) is 22.3. The van der Waals surface area contributed by atoms with Crippen molar-refractivity contribution >= 4 is 12.0 Å². The first-order chi connectivity index (χ1) is 12.5. The van der Waals surface area contributed by atoms with Crippen molar-refractivity contribution < 1.29 is 14.3 Å². The predicted octanol–water partition coefficient (Wildman–Crippen LogP) is 6.27. The summed E-state index contributed by atoms with van der Waals surface area (Å²) >= 11 is 0. The van der Waals surface area contributed by atoms with Crippen molar-refractivity contribution in [2.45, 2.75) is 66.2 Å². The van der Waals surface area contributed by atoms with E-state index in [1.807, 2.05) is 30.3 Å². The number of methoxy groups -OCH3 is 1. The second-order valence-electron chi connectivity index (χ2n) is 7.38. The van der Waals surface area contributed by atoms with Crippen LogP contribution in [-0.2, 0) is 9.53 Å². The first-order valence-corrected chi connectivity index (χ1v) is 10.0. The third-order valence-corrected chi connectivity index (χ3v) is 4.70. The number of rotatable bonds is 12. The highest BCUT2D eigenvalue weighted by molar-refractivity contribution is 5.93. The van der Waals surface area contributed by atoms with Crippen LogP contribution in [0.25, 0.3) is 6.08 Å². The van der Waals surface area contributed by atoms with Gasteiger partial charge in [-0.25, -0.2) is 4.79 Å². The van der Waals surface area contributed by atoms with Gasteiger partial charge in [0.25, 0.3) is 0 Å². The number of benzene rings is 1. The maximum atomic E-state index is 12.7. The number of ether oxygens (including phenoxy) is 2. The van der Waals surface area contributed by atoms with Crippen LogP contribution >= 0.6 is 0 Å². The molecule has 0 fully saturated rings. The van der Waals surface area contributed by atoms with Gasteiger partial charge in [-0.3, -0.25) is 0 Å². The van der Waals surface area contributed by atoms with Crippen molar-refractivity contribution in [2.75, 3.05) is 13.7 Å². The molecule has 0 aromatic heterocycles. The van der Waals surface area contributed by atoms with E-state index >= 15 is 0 Å². The zero-order valence-corrected chi connectivity index (χ0v) is 17.2. The van der Waals surface area contributed by atoms with Crippen molar-refractivity contribution in [3.63, 3.8) is 0 Å². The molecule has 146 valence electrons. The van der Waals surface area contributed by atoms with Gasteiger partial charge in [0.05, 0.1) is 13.7 Å². The number of unbranched alkanes of at least 4 members (excludes halogenated alkanes) is 1. The van der Waals surface area contributed by atoms with E-state index in [0.717, 1.165) is 42.6 Å². The number of hydrogen-bond donors (Lipinski definition) is 0. The largest absolute Gasteiger partial charge is 0.497 e. The zero-order valence-electron chi connectivity index (χ0n) is 17.2. The fraction of sp³-hybridized carbons (Fsp3) is 0.609. The summed E-state index contributed by atoms with van der Waals surface area (Å²) in [6.45, 7) is 9.18. The van der Waals surface area contributed by atoms with Gasteiger partial charge in [-0.05, 0) is 48.4 Å². The fourth-order valence-corrected chi connectivity index (χ4v) is 2.84. The SMILES string of the molecule is CCCCC(CC)CC(=Cc1ccc(OC)cc1)C(=O)OCCC(C)C. The average molecular weight is 361 g/mol. The molecule has 0 aliphatic carbocycles. The molecule has 26 heavy (non-hydrogen) atoms. The van der Waals surface area contributed by atoms with E-state index in [4.69, 9.17) is 9.47 Å². The van der Waals surface area contributed by atoms with Gasteiger partial charge in [0, 0.05) is 5.57 Å². The standard InChI is InChI=1S/C23H36O3/c1-6-8-9-19(7-2)16-21(23(24)26-15-14-18(3)4)17-20-10-12-22(25-5)13-11-20/h10-13,17-19H,6-9,14-16H2,1-5H3. The maximum absolute atomic E-state index is 12.7. The normalized spacial score (nSPS) is 12.9. The van der Waals surface area contributed by atoms with Gasteiger partial charge >= 0.3 is 5.97 Å². The van der Waals surface area contributed by atoms with Crippen molar-refractivity contribution in [3.05, 3.63) is 35.4 Å². The van der Waals surface area contributed by atoms with Crippen LogP contribution in [0.1, 0.15) is 71.8 Å². The van der Waals surface area contributed by atoms with Crippen LogP contribution in [0, 0.1) is 11.8 Å². The minimum Gasteiger partial charge on any atom is -0.497 e. The van der Waals surface area contributed by atoms with E-state index in [1.165, 1.54) is 12.8 Å². The van der Waals surface area contributed by atoms with Crippen LogP contribution < -0.4 is 4.74 Å². The smallest absolute Gasteiger partial charge is 0.334 e. The summed E-state index contributed by atoms with van der Waals surface area (Å²) in [4.78, 5) is 12.7. The van der Waals surface area contributed by atoms with Gasteiger partial charge in [0.2, 0.25) is 0 Å². The topological polar surface area (TPSA) is 35.5 Å². The molecule has 1 aromatic rings. The summed E-state index contributed by atoms with van der Waals surface area (Å²) < 4.78 is 10.8. The Labute approximate surface area is 159 Å². The molecule has 0 saturated carbocycles. The van der Waals surface area contributed by atoms with Crippen molar-refractivity contribution in [2.24, 2.45) is 11.8 Å². The summed E-state index contributed by atoms with van der Waals surface area (Å²) in [6, 6.07) is 7.80. The lowest BCUT2D eigenvalue weighted by Gasteiger charge is -2.17. The lowest BCUT2D eigenvalue weighted by Crippen LogP contribution is -2.13. The van der Waals surface area contributed by atoms with Crippen LogP contribution in [0.15, 0.2) is 29.8 Å². The van der Waals surface area contributed by atoms with Crippen LogP contribution in [0.3, 0.4) is 0 Å². The summed E-state index contributed by atoms with van der Waals surface area (Å²) in [5, 5.41) is 0. The summed E-state index contributed by atoms with van der Waals surface area (Å²) in [5.74, 6) is 1.70. The third-order valence-electron chi connectivity index (χ3n) is 4.70. The second-order valence-corrected chi connectivity index (χ2v) is 7.38. The van der Waals surface area contributed by atoms with E-state index in [9.17, 15) is 4.79 Å². The molecule has 0 spiro atoms. The molecule has 0 saturated heterocycles. The summed E-state index contributed by atoms with van der Waals surface area (Å²) in [5.41, 5.74) is 1.79. The molecule has 0 radical (unpaired) electrons. The van der Waals surface area contributed by atoms with E-state index in [-0.39, 0.29) is 5.97 Å². The molecule has 3 nitrogen and oxygen atoms in total. The Morgan fingerprint density at radius 2 is 1.81 bits per heavy atom. The Bertz CT molecular complexity index is 543. The Hall–Kier alpha value is -1.77. The zero-order chi connectivity index (χ0) is 19.4. The monoisotopic (exact) mass is 360 g/mol. The molecule has 0 heterocycles. The molecule has 0 aliphatic rings. The molecule has 0 bridgehead atoms. The molecule has 0 amide bonds. The van der Waals surface area contributed by atoms with Crippen LogP contribution in [0.4, 0.5) is 0 Å². The van der Waals surface area contributed by atoms with Crippen LogP contribution in [0.5, 0.6) is 5.75 Å². The van der Waals surface area contributed by atoms with Crippen molar-refractivity contribution in [1.82, 2.24) is 0 Å². The van der Waals surface area contributed by atoms with Gasteiger partial charge in [-0.2, -0.15) is 0 Å². The molecular weight excluding hydrogens is 324 g/mol. The number of carbonyl (C=O) groups is 1. The van der Waals surface area contributed by atoms with Gasteiger partial charge in [-0.15, -0.1) is 0 Å². The van der Waals surface area contributed by atoms with Gasteiger partial charge in [-0.1, -0.05) is 65.5 Å². The molecule has 1 unspecified atom stereocenters. The summed E-state index contributed by atoms with van der Waals surface area (Å²) in [6.07, 6.45) is 8.29. The lowest BCUT2D eigenvalue weighted by molar-refractivity contribution is -0.139. The Morgan fingerprint density at radius 1 is 1.12 bits per heavy atom. The van der Waals surface area contributed by atoms with E-state index in [0.29, 0.717) is 18.4 Å². The molecule has 1 aromatic carbocycles. The van der Waals surface area contributed by atoms with Gasteiger partial charge < -0.3 is 9.47 Å². The Balaban J connectivity index is 2.90. The number of hydrogen-bond acceptors (Lipinski definition) is 3. The van der Waals surface area contributed by atoms with Crippen LogP contribution in [-0.4, -0.2) is 19.7 Å². The van der Waals surface area contributed by atoms with E-state index in [1.54, 1.807) is 7.11 Å². The summed E-state index contributed by atoms with van der Waals surface area (Å²) in [7, 11) is 1.65. The fourth-order valence-electron chi connectivity index (χ4n) is 2.84. The van der Waals surface area contributed by atoms with E-state index < -0.39 is 0 Å². The Kier molecular flexibility index (Phi) is 10.8. The molecule has 3 heteroatoms. The minimum absolute atomic E-state index is 0.170. The molecular formula is C23H36O3. The van der Waals surface area contributed by atoms with Gasteiger partial charge in [0.15, 0.2) is 0 Å². The molecule has 1 atom stereocenters. The van der Waals surface area contributed by atoms with Crippen LogP contribution in [0.2, 0.25) is 0 Å². The molecule has 1 rings (SSSR count). The van der Waals surface area contributed by atoms with Gasteiger partial charge in [0.1, 0.15) is 5.75 Å². The van der Waals surface area contributed by atoms with E-state index in [2.05, 4.69) is 27.7 Å². The quantitative estimate of drug-likeness (QED) is 0.325. The highest BCUT2D eigenvalue weighted by Crippen LogP contribution is 2.24. The first-order valence-electron chi connectivity index (χ1n) is 10.0. The Morgan fingerprint density at radius 3 is 2.35 bits per heavy atom. The van der Waals surface area contributed by atoms with Crippen molar-refractivity contribution in [1.29, 1.82) is 0 Å². The second kappa shape index (κ2) is 12.6. The molecule has 0 aliphatic heterocycles. The maximum Gasteiger partial charge on any atom is 0.334 e. The minimum atomic E-state index is -0.170.